The number of rotatable bonds is 5. The molecule has 1 saturated heterocycles. The Balaban J connectivity index is 1.49. The lowest BCUT2D eigenvalue weighted by atomic mass is 10.1. The fourth-order valence-electron chi connectivity index (χ4n) is 3.54. The molecular weight excluding hydrogens is 368 g/mol. The third kappa shape index (κ3) is 4.08. The number of aryl methyl sites for hydroxylation is 1. The molecule has 7 nitrogen and oxygen atoms in total. The average Bonchev–Trinajstić information content (AvgIpc) is 3.44. The van der Waals surface area contributed by atoms with Gasteiger partial charge in [-0.1, -0.05) is 36.3 Å². The summed E-state index contributed by atoms with van der Waals surface area (Å²) < 4.78 is 10.8. The second-order valence-corrected chi connectivity index (χ2v) is 7.02. The molecule has 2 heterocycles. The van der Waals surface area contributed by atoms with Gasteiger partial charge in [-0.2, -0.15) is 4.98 Å². The van der Waals surface area contributed by atoms with E-state index in [1.165, 1.54) is 5.56 Å². The summed E-state index contributed by atoms with van der Waals surface area (Å²) in [6.07, 6.45) is 2.65. The summed E-state index contributed by atoms with van der Waals surface area (Å²) in [5.41, 5.74) is 2.82. The minimum absolute atomic E-state index is 0.155. The minimum atomic E-state index is -0.225. The molecule has 1 aliphatic heterocycles. The first-order valence-electron chi connectivity index (χ1n) is 9.82. The first-order valence-corrected chi connectivity index (χ1v) is 9.82. The molecule has 2 amide bonds. The Kier molecular flexibility index (Phi) is 5.46. The summed E-state index contributed by atoms with van der Waals surface area (Å²) >= 11 is 0. The van der Waals surface area contributed by atoms with E-state index in [1.54, 1.807) is 12.0 Å². The van der Waals surface area contributed by atoms with Crippen LogP contribution in [-0.4, -0.2) is 34.7 Å². The van der Waals surface area contributed by atoms with Gasteiger partial charge in [-0.25, -0.2) is 4.79 Å². The Hall–Kier alpha value is -3.35. The molecule has 0 spiro atoms. The quantitative estimate of drug-likeness (QED) is 0.682. The number of amides is 2. The van der Waals surface area contributed by atoms with Gasteiger partial charge in [0, 0.05) is 17.8 Å². The normalized spacial score (nSPS) is 16.1. The van der Waals surface area contributed by atoms with Crippen LogP contribution in [0.1, 0.15) is 37.3 Å². The minimum Gasteiger partial charge on any atom is -0.497 e. The van der Waals surface area contributed by atoms with Crippen LogP contribution in [0, 0.1) is 0 Å². The number of likely N-dealkylation sites (tertiary alicyclic amines) is 1. The molecule has 1 fully saturated rings. The van der Waals surface area contributed by atoms with Crippen molar-refractivity contribution in [3.8, 4) is 17.1 Å². The summed E-state index contributed by atoms with van der Waals surface area (Å²) in [6.45, 7) is 2.76. The Morgan fingerprint density at radius 2 is 2.10 bits per heavy atom. The molecule has 2 aromatic carbocycles. The SMILES string of the molecule is CCc1ccc(NC(=O)N2CCC[C@H]2c2nc(-c3cccc(OC)c3)no2)cc1. The number of carbonyl (C=O) groups is 1. The summed E-state index contributed by atoms with van der Waals surface area (Å²) in [5.74, 6) is 1.67. The lowest BCUT2D eigenvalue weighted by Crippen LogP contribution is -2.34. The zero-order valence-electron chi connectivity index (χ0n) is 16.6. The highest BCUT2D eigenvalue weighted by Crippen LogP contribution is 2.33. The van der Waals surface area contributed by atoms with Crippen molar-refractivity contribution >= 4 is 11.7 Å². The molecule has 3 aromatic rings. The second-order valence-electron chi connectivity index (χ2n) is 7.02. The predicted molar refractivity (Wildman–Crippen MR) is 110 cm³/mol. The van der Waals surface area contributed by atoms with Gasteiger partial charge in [0.2, 0.25) is 11.7 Å². The van der Waals surface area contributed by atoms with Crippen molar-refractivity contribution in [2.75, 3.05) is 19.0 Å². The highest BCUT2D eigenvalue weighted by Gasteiger charge is 2.34. The van der Waals surface area contributed by atoms with E-state index in [9.17, 15) is 4.79 Å². The molecule has 150 valence electrons. The molecule has 1 aromatic heterocycles. The van der Waals surface area contributed by atoms with Crippen molar-refractivity contribution in [2.24, 2.45) is 0 Å². The van der Waals surface area contributed by atoms with Crippen molar-refractivity contribution in [3.05, 3.63) is 60.0 Å². The number of carbonyl (C=O) groups excluding carboxylic acids is 1. The van der Waals surface area contributed by atoms with Crippen molar-refractivity contribution in [1.82, 2.24) is 15.0 Å². The smallest absolute Gasteiger partial charge is 0.322 e. The van der Waals surface area contributed by atoms with Gasteiger partial charge in [0.05, 0.1) is 7.11 Å². The molecule has 0 bridgehead atoms. The predicted octanol–water partition coefficient (Wildman–Crippen LogP) is 4.68. The Bertz CT molecular complexity index is 984. The standard InChI is InChI=1S/C22H24N4O3/c1-3-15-9-11-17(12-10-15)23-22(27)26-13-5-8-19(26)21-24-20(25-29-21)16-6-4-7-18(14-16)28-2/h4,6-7,9-12,14,19H,3,5,8,13H2,1-2H3,(H,23,27)/t19-/m0/s1. The molecule has 1 N–H and O–H groups in total. The van der Waals surface area contributed by atoms with Crippen molar-refractivity contribution in [2.45, 2.75) is 32.2 Å². The second kappa shape index (κ2) is 8.34. The molecular formula is C22H24N4O3. The number of nitrogens with one attached hydrogen (secondary N) is 1. The number of ether oxygens (including phenoxy) is 1. The highest BCUT2D eigenvalue weighted by molar-refractivity contribution is 5.89. The van der Waals surface area contributed by atoms with Crippen LogP contribution in [0.5, 0.6) is 5.75 Å². The summed E-state index contributed by atoms with van der Waals surface area (Å²) in [7, 11) is 1.62. The van der Waals surface area contributed by atoms with Gasteiger partial charge in [0.15, 0.2) is 0 Å². The highest BCUT2D eigenvalue weighted by atomic mass is 16.5. The number of aromatic nitrogens is 2. The maximum Gasteiger partial charge on any atom is 0.322 e. The van der Waals surface area contributed by atoms with Gasteiger partial charge in [-0.05, 0) is 49.1 Å². The van der Waals surface area contributed by atoms with Crippen LogP contribution >= 0.6 is 0 Å². The zero-order valence-corrected chi connectivity index (χ0v) is 16.6. The summed E-state index contributed by atoms with van der Waals surface area (Å²) in [5, 5.41) is 7.07. The number of hydrogen-bond donors (Lipinski definition) is 1. The largest absolute Gasteiger partial charge is 0.497 e. The van der Waals surface area contributed by atoms with Gasteiger partial charge >= 0.3 is 6.03 Å². The molecule has 0 saturated carbocycles. The third-order valence-corrected chi connectivity index (χ3v) is 5.18. The average molecular weight is 392 g/mol. The van der Waals surface area contributed by atoms with Gasteiger partial charge in [-0.15, -0.1) is 0 Å². The lowest BCUT2D eigenvalue weighted by molar-refractivity contribution is 0.193. The van der Waals surface area contributed by atoms with Crippen LogP contribution in [0.25, 0.3) is 11.4 Å². The Morgan fingerprint density at radius 1 is 1.28 bits per heavy atom. The van der Waals surface area contributed by atoms with E-state index in [0.717, 1.165) is 36.3 Å². The van der Waals surface area contributed by atoms with Gasteiger partial charge in [0.1, 0.15) is 11.8 Å². The lowest BCUT2D eigenvalue weighted by Gasteiger charge is -2.22. The molecule has 0 unspecified atom stereocenters. The van der Waals surface area contributed by atoms with Crippen molar-refractivity contribution < 1.29 is 14.1 Å². The first kappa shape index (κ1) is 19.0. The Morgan fingerprint density at radius 3 is 2.86 bits per heavy atom. The van der Waals surface area contributed by atoms with Crippen molar-refractivity contribution in [1.29, 1.82) is 0 Å². The molecule has 4 rings (SSSR count). The monoisotopic (exact) mass is 392 g/mol. The number of hydrogen-bond acceptors (Lipinski definition) is 5. The Labute approximate surface area is 169 Å². The van der Waals surface area contributed by atoms with E-state index >= 15 is 0 Å². The van der Waals surface area contributed by atoms with E-state index < -0.39 is 0 Å². The molecule has 1 aliphatic rings. The van der Waals surface area contributed by atoms with Crippen molar-refractivity contribution in [3.63, 3.8) is 0 Å². The number of anilines is 1. The third-order valence-electron chi connectivity index (χ3n) is 5.18. The van der Waals surface area contributed by atoms with E-state index in [2.05, 4.69) is 22.4 Å². The van der Waals surface area contributed by atoms with Gasteiger partial charge < -0.3 is 19.5 Å². The van der Waals surface area contributed by atoms with E-state index in [-0.39, 0.29) is 12.1 Å². The molecule has 7 heteroatoms. The summed E-state index contributed by atoms with van der Waals surface area (Å²) in [6, 6.07) is 15.0. The number of benzene rings is 2. The number of urea groups is 1. The molecule has 0 aliphatic carbocycles. The van der Waals surface area contributed by atoms with E-state index in [4.69, 9.17) is 9.26 Å². The maximum atomic E-state index is 12.8. The first-order chi connectivity index (χ1) is 14.2. The van der Waals surface area contributed by atoms with Gasteiger partial charge in [-0.3, -0.25) is 0 Å². The molecule has 29 heavy (non-hydrogen) atoms. The van der Waals surface area contributed by atoms with E-state index in [1.807, 2.05) is 48.5 Å². The van der Waals surface area contributed by atoms with Crippen LogP contribution in [-0.2, 0) is 6.42 Å². The van der Waals surface area contributed by atoms with Gasteiger partial charge in [0.25, 0.3) is 0 Å². The fourth-order valence-corrected chi connectivity index (χ4v) is 3.54. The zero-order chi connectivity index (χ0) is 20.2. The van der Waals surface area contributed by atoms with Crippen LogP contribution in [0.15, 0.2) is 53.1 Å². The molecule has 1 atom stereocenters. The summed E-state index contributed by atoms with van der Waals surface area (Å²) in [4.78, 5) is 19.1. The maximum absolute atomic E-state index is 12.8. The number of methoxy groups -OCH3 is 1. The van der Waals surface area contributed by atoms with E-state index in [0.29, 0.717) is 18.3 Å². The fraction of sp³-hybridized carbons (Fsp3) is 0.318. The van der Waals surface area contributed by atoms with Crippen LogP contribution < -0.4 is 10.1 Å². The molecule has 0 radical (unpaired) electrons. The van der Waals surface area contributed by atoms with Crippen LogP contribution in [0.3, 0.4) is 0 Å². The topological polar surface area (TPSA) is 80.5 Å². The van der Waals surface area contributed by atoms with Crippen LogP contribution in [0.2, 0.25) is 0 Å². The number of nitrogens with zero attached hydrogens (tertiary/aromatic N) is 3. The van der Waals surface area contributed by atoms with Crippen LogP contribution in [0.4, 0.5) is 10.5 Å².